The second-order valence-electron chi connectivity index (χ2n) is 4.84. The summed E-state index contributed by atoms with van der Waals surface area (Å²) in [5.41, 5.74) is 5.11. The first-order chi connectivity index (χ1) is 9.85. The zero-order valence-corrected chi connectivity index (χ0v) is 12.0. The summed E-state index contributed by atoms with van der Waals surface area (Å²) < 4.78 is 42.1. The van der Waals surface area contributed by atoms with Crippen molar-refractivity contribution >= 4 is 5.97 Å². The lowest BCUT2D eigenvalue weighted by molar-refractivity contribution is -0.152. The molecule has 118 valence electrons. The van der Waals surface area contributed by atoms with Crippen molar-refractivity contribution in [2.45, 2.75) is 37.8 Å². The SMILES string of the molecule is CCOC(=O)C(CN)(CCCC(F)(F)F)c1ccccc1. The van der Waals surface area contributed by atoms with E-state index in [-0.39, 0.29) is 26.0 Å². The standard InChI is InChI=1S/C15H20F3NO2/c1-2-21-13(20)14(11-19,9-6-10-15(16,17)18)12-7-4-3-5-8-12/h3-5,7-8H,2,6,9-11,19H2,1H3. The average molecular weight is 303 g/mol. The molecule has 3 nitrogen and oxygen atoms in total. The molecule has 1 aromatic rings. The number of ether oxygens (including phenoxy) is 1. The van der Waals surface area contributed by atoms with Gasteiger partial charge in [-0.3, -0.25) is 4.79 Å². The van der Waals surface area contributed by atoms with Crippen LogP contribution in [0, 0.1) is 0 Å². The van der Waals surface area contributed by atoms with E-state index >= 15 is 0 Å². The molecule has 0 saturated heterocycles. The van der Waals surface area contributed by atoms with E-state index in [1.165, 1.54) is 0 Å². The number of esters is 1. The largest absolute Gasteiger partial charge is 0.465 e. The normalized spacial score (nSPS) is 14.5. The van der Waals surface area contributed by atoms with Crippen LogP contribution in [0.2, 0.25) is 0 Å². The molecule has 21 heavy (non-hydrogen) atoms. The number of hydrogen-bond donors (Lipinski definition) is 1. The van der Waals surface area contributed by atoms with Crippen LogP contribution in [0.25, 0.3) is 0 Å². The van der Waals surface area contributed by atoms with Gasteiger partial charge in [-0.15, -0.1) is 0 Å². The van der Waals surface area contributed by atoms with E-state index in [0.29, 0.717) is 5.56 Å². The monoisotopic (exact) mass is 303 g/mol. The molecule has 0 heterocycles. The van der Waals surface area contributed by atoms with Gasteiger partial charge in [0.1, 0.15) is 5.41 Å². The van der Waals surface area contributed by atoms with Crippen molar-refractivity contribution in [3.05, 3.63) is 35.9 Å². The van der Waals surface area contributed by atoms with Crippen molar-refractivity contribution in [2.24, 2.45) is 5.73 Å². The summed E-state index contributed by atoms with van der Waals surface area (Å²) >= 11 is 0. The number of rotatable bonds is 7. The Bertz CT molecular complexity index is 448. The lowest BCUT2D eigenvalue weighted by atomic mass is 9.76. The Labute approximate surface area is 122 Å². The molecule has 0 saturated carbocycles. The molecule has 0 fully saturated rings. The van der Waals surface area contributed by atoms with E-state index in [4.69, 9.17) is 10.5 Å². The van der Waals surface area contributed by atoms with Gasteiger partial charge in [0.25, 0.3) is 0 Å². The lowest BCUT2D eigenvalue weighted by Crippen LogP contribution is -2.44. The number of hydrogen-bond acceptors (Lipinski definition) is 3. The molecule has 0 amide bonds. The minimum absolute atomic E-state index is 0.00581. The zero-order valence-electron chi connectivity index (χ0n) is 12.0. The van der Waals surface area contributed by atoms with Crippen LogP contribution in [-0.2, 0) is 14.9 Å². The van der Waals surface area contributed by atoms with Gasteiger partial charge < -0.3 is 10.5 Å². The van der Waals surface area contributed by atoms with Crippen LogP contribution in [0.5, 0.6) is 0 Å². The number of alkyl halides is 3. The summed E-state index contributed by atoms with van der Waals surface area (Å²) in [4.78, 5) is 12.3. The minimum atomic E-state index is -4.24. The molecule has 0 aliphatic rings. The molecule has 0 aromatic heterocycles. The molecule has 0 spiro atoms. The molecule has 2 N–H and O–H groups in total. The minimum Gasteiger partial charge on any atom is -0.465 e. The molecule has 1 unspecified atom stereocenters. The highest BCUT2D eigenvalue weighted by atomic mass is 19.4. The fourth-order valence-electron chi connectivity index (χ4n) is 2.28. The van der Waals surface area contributed by atoms with Gasteiger partial charge in [-0.25, -0.2) is 0 Å². The van der Waals surface area contributed by atoms with Crippen molar-refractivity contribution in [1.82, 2.24) is 0 Å². The number of benzene rings is 1. The summed E-state index contributed by atoms with van der Waals surface area (Å²) in [5.74, 6) is -0.569. The van der Waals surface area contributed by atoms with E-state index in [1.54, 1.807) is 37.3 Å². The van der Waals surface area contributed by atoms with Crippen LogP contribution in [0.3, 0.4) is 0 Å². The van der Waals surface area contributed by atoms with Gasteiger partial charge >= 0.3 is 12.1 Å². The molecule has 1 atom stereocenters. The van der Waals surface area contributed by atoms with Gasteiger partial charge in [-0.05, 0) is 25.3 Å². The first kappa shape index (κ1) is 17.5. The molecule has 0 aliphatic heterocycles. The summed E-state index contributed by atoms with van der Waals surface area (Å²) in [5, 5.41) is 0. The van der Waals surface area contributed by atoms with Gasteiger partial charge in [-0.1, -0.05) is 30.3 Å². The van der Waals surface area contributed by atoms with E-state index in [1.807, 2.05) is 0 Å². The predicted molar refractivity (Wildman–Crippen MR) is 73.7 cm³/mol. The summed E-state index contributed by atoms with van der Waals surface area (Å²) in [6, 6.07) is 8.60. The first-order valence-electron chi connectivity index (χ1n) is 6.85. The number of carbonyl (C=O) groups excluding carboxylic acids is 1. The van der Waals surface area contributed by atoms with Crippen molar-refractivity contribution in [3.63, 3.8) is 0 Å². The van der Waals surface area contributed by atoms with Crippen molar-refractivity contribution in [2.75, 3.05) is 13.2 Å². The second kappa shape index (κ2) is 7.45. The van der Waals surface area contributed by atoms with Crippen molar-refractivity contribution in [3.8, 4) is 0 Å². The van der Waals surface area contributed by atoms with Crippen LogP contribution in [-0.4, -0.2) is 25.3 Å². The maximum absolute atomic E-state index is 12.3. The summed E-state index contributed by atoms with van der Waals surface area (Å²) in [6.45, 7) is 1.72. The van der Waals surface area contributed by atoms with Crippen molar-refractivity contribution < 1.29 is 22.7 Å². The Morgan fingerprint density at radius 2 is 1.81 bits per heavy atom. The van der Waals surface area contributed by atoms with Gasteiger partial charge in [-0.2, -0.15) is 13.2 Å². The first-order valence-corrected chi connectivity index (χ1v) is 6.85. The van der Waals surface area contributed by atoms with E-state index in [0.717, 1.165) is 0 Å². The smallest absolute Gasteiger partial charge is 0.389 e. The molecular formula is C15H20F3NO2. The third-order valence-electron chi connectivity index (χ3n) is 3.40. The molecule has 1 rings (SSSR count). The molecular weight excluding hydrogens is 283 g/mol. The molecule has 1 aromatic carbocycles. The van der Waals surface area contributed by atoms with Crippen LogP contribution in [0.4, 0.5) is 13.2 Å². The van der Waals surface area contributed by atoms with Crippen LogP contribution < -0.4 is 5.73 Å². The van der Waals surface area contributed by atoms with Crippen LogP contribution in [0.15, 0.2) is 30.3 Å². The predicted octanol–water partition coefficient (Wildman–Crippen LogP) is 3.18. The fourth-order valence-corrected chi connectivity index (χ4v) is 2.28. The third-order valence-corrected chi connectivity index (χ3v) is 3.40. The molecule has 0 radical (unpaired) electrons. The summed E-state index contributed by atoms with van der Waals surface area (Å²) in [7, 11) is 0. The maximum Gasteiger partial charge on any atom is 0.389 e. The van der Waals surface area contributed by atoms with Gasteiger partial charge in [0, 0.05) is 13.0 Å². The van der Waals surface area contributed by atoms with Crippen LogP contribution in [0.1, 0.15) is 31.7 Å². The molecule has 6 heteroatoms. The average Bonchev–Trinajstić information content (AvgIpc) is 2.44. The highest BCUT2D eigenvalue weighted by Crippen LogP contribution is 2.33. The topological polar surface area (TPSA) is 52.3 Å². The van der Waals surface area contributed by atoms with Crippen LogP contribution >= 0.6 is 0 Å². The number of halogens is 3. The Morgan fingerprint density at radius 3 is 2.29 bits per heavy atom. The summed E-state index contributed by atoms with van der Waals surface area (Å²) in [6.07, 6.45) is -5.35. The van der Waals surface area contributed by atoms with Gasteiger partial charge in [0.05, 0.1) is 6.61 Å². The van der Waals surface area contributed by atoms with E-state index < -0.39 is 24.0 Å². The van der Waals surface area contributed by atoms with E-state index in [9.17, 15) is 18.0 Å². The number of carbonyl (C=O) groups is 1. The number of nitrogens with two attached hydrogens (primary N) is 1. The van der Waals surface area contributed by atoms with Gasteiger partial charge in [0.2, 0.25) is 0 Å². The van der Waals surface area contributed by atoms with Gasteiger partial charge in [0.15, 0.2) is 0 Å². The molecule has 0 bridgehead atoms. The van der Waals surface area contributed by atoms with Crippen molar-refractivity contribution in [1.29, 1.82) is 0 Å². The molecule has 0 aliphatic carbocycles. The Kier molecular flexibility index (Phi) is 6.20. The Morgan fingerprint density at radius 1 is 1.19 bits per heavy atom. The highest BCUT2D eigenvalue weighted by Gasteiger charge is 2.41. The lowest BCUT2D eigenvalue weighted by Gasteiger charge is -2.30. The Balaban J connectivity index is 3.00. The zero-order chi connectivity index (χ0) is 15.9. The maximum atomic E-state index is 12.3. The van der Waals surface area contributed by atoms with E-state index in [2.05, 4.69) is 0 Å². The second-order valence-corrected chi connectivity index (χ2v) is 4.84. The fraction of sp³-hybridized carbons (Fsp3) is 0.533. The third kappa shape index (κ3) is 4.74. The quantitative estimate of drug-likeness (QED) is 0.787. The highest BCUT2D eigenvalue weighted by molar-refractivity contribution is 5.83. The Hall–Kier alpha value is -1.56.